The van der Waals surface area contributed by atoms with Gasteiger partial charge >= 0.3 is 0 Å². The highest BCUT2D eigenvalue weighted by Crippen LogP contribution is 2.40. The van der Waals surface area contributed by atoms with Gasteiger partial charge in [-0.05, 0) is 111 Å². The van der Waals surface area contributed by atoms with E-state index in [1.807, 2.05) is 96.2 Å². The van der Waals surface area contributed by atoms with E-state index in [9.17, 15) is 33.9 Å². The molecular formula is C69H128N10O13Si. The van der Waals surface area contributed by atoms with E-state index < -0.39 is 168 Å². The third kappa shape index (κ3) is 23.1. The molecule has 0 aromatic carbocycles. The Bertz CT molecular complexity index is 2540. The fourth-order valence-electron chi connectivity index (χ4n) is 12.0. The van der Waals surface area contributed by atoms with Crippen molar-refractivity contribution in [1.29, 1.82) is 0 Å². The van der Waals surface area contributed by atoms with Crippen molar-refractivity contribution in [2.24, 2.45) is 47.3 Å². The molecule has 1 aliphatic heterocycles. The van der Waals surface area contributed by atoms with Crippen LogP contribution in [-0.4, -0.2) is 235 Å². The molecule has 0 saturated carbocycles. The van der Waals surface area contributed by atoms with Crippen LogP contribution in [0.15, 0.2) is 0 Å². The predicted octanol–water partition coefficient (Wildman–Crippen LogP) is 6.58. The standard InChI is InChI=1S/C69H128N10O13Si/c1-30-48-63(86)73(21)49(31-2)64(87)74(22)51(35-40(5)6)60(83)72-55(43(11)12)67(90)75(23)50(34-39(3)4)59(82)70-47(17)54(81)38-46(16)62(85)76(24)52(36-41(7)8)65(88)77(25)53(37-42(9)10)66(89)78(26)56(44(13)14)68(91)79(27)57(61(84)71-48)58(45(15)32-33-80)92-93(28,29)69(18,19)20/h39-53,55-58,80H,30-38H2,1-29H3,(H,70,82)(H,71,84)(H,72,83)/t45-,46-,47-,48-,49-,50-,51+,52-,53-,55-,56-,57-,58-/m1/s1. The quantitative estimate of drug-likeness (QED) is 0.106. The number of rotatable bonds is 18. The van der Waals surface area contributed by atoms with Gasteiger partial charge in [-0.1, -0.05) is 132 Å². The molecule has 1 rings (SSSR count). The molecule has 0 radical (unpaired) electrons. The van der Waals surface area contributed by atoms with E-state index in [1.165, 1.54) is 90.6 Å². The van der Waals surface area contributed by atoms with Crippen molar-refractivity contribution < 1.29 is 62.3 Å². The molecule has 24 heteroatoms. The zero-order valence-electron chi connectivity index (χ0n) is 62.8. The first-order valence-corrected chi connectivity index (χ1v) is 37.1. The molecule has 1 heterocycles. The van der Waals surface area contributed by atoms with E-state index in [-0.39, 0.29) is 81.6 Å². The molecule has 0 aromatic heterocycles. The van der Waals surface area contributed by atoms with Crippen LogP contribution in [0.5, 0.6) is 0 Å². The molecule has 0 aliphatic carbocycles. The van der Waals surface area contributed by atoms with Crippen molar-refractivity contribution in [3.8, 4) is 0 Å². The van der Waals surface area contributed by atoms with Crippen LogP contribution in [0.2, 0.25) is 18.1 Å². The zero-order valence-corrected chi connectivity index (χ0v) is 63.8. The van der Waals surface area contributed by atoms with Crippen LogP contribution in [0.25, 0.3) is 0 Å². The highest BCUT2D eigenvalue weighted by atomic mass is 28.4. The van der Waals surface area contributed by atoms with Crippen molar-refractivity contribution in [2.45, 2.75) is 274 Å². The number of hydrogen-bond acceptors (Lipinski definition) is 13. The summed E-state index contributed by atoms with van der Waals surface area (Å²) < 4.78 is 7.18. The molecule has 0 aromatic rings. The summed E-state index contributed by atoms with van der Waals surface area (Å²) in [5.74, 6) is -9.86. The number of nitrogens with one attached hydrogen (secondary N) is 3. The van der Waals surface area contributed by atoms with Gasteiger partial charge in [-0.15, -0.1) is 0 Å². The third-order valence-corrected chi connectivity index (χ3v) is 23.6. The van der Waals surface area contributed by atoms with Gasteiger partial charge < -0.3 is 59.8 Å². The average molecular weight is 1330 g/mol. The molecule has 13 atom stereocenters. The number of hydrogen-bond donors (Lipinski definition) is 4. The van der Waals surface area contributed by atoms with E-state index in [2.05, 4.69) is 16.0 Å². The molecule has 0 bridgehead atoms. The fraction of sp³-hybridized carbons (Fsp3) is 0.841. The van der Waals surface area contributed by atoms with Gasteiger partial charge in [-0.2, -0.15) is 0 Å². The van der Waals surface area contributed by atoms with Gasteiger partial charge in [-0.25, -0.2) is 0 Å². The highest BCUT2D eigenvalue weighted by molar-refractivity contribution is 6.74. The topological polar surface area (TPSA) is 276 Å². The number of Topliss-reactive ketones (excluding diaryl/α,β-unsaturated/α-hetero) is 1. The van der Waals surface area contributed by atoms with Crippen molar-refractivity contribution in [3.05, 3.63) is 0 Å². The van der Waals surface area contributed by atoms with E-state index in [1.54, 1.807) is 48.5 Å². The highest BCUT2D eigenvalue weighted by Gasteiger charge is 2.50. The third-order valence-electron chi connectivity index (χ3n) is 19.1. The molecule has 1 saturated heterocycles. The Morgan fingerprint density at radius 2 is 0.860 bits per heavy atom. The number of amides is 10. The predicted molar refractivity (Wildman–Crippen MR) is 367 cm³/mol. The van der Waals surface area contributed by atoms with Crippen LogP contribution in [0.3, 0.4) is 0 Å². The minimum atomic E-state index is -2.86. The first kappa shape index (κ1) is 85.5. The lowest BCUT2D eigenvalue weighted by Crippen LogP contribution is -2.65. The lowest BCUT2D eigenvalue weighted by Gasteiger charge is -2.46. The Morgan fingerprint density at radius 1 is 0.473 bits per heavy atom. The summed E-state index contributed by atoms with van der Waals surface area (Å²) in [6.07, 6.45) is -0.442. The van der Waals surface area contributed by atoms with Crippen LogP contribution in [0.1, 0.15) is 190 Å². The van der Waals surface area contributed by atoms with E-state index >= 15 is 24.0 Å². The number of aliphatic hydroxyl groups excluding tert-OH is 1. The average Bonchev–Trinajstić information content (AvgIpc) is 0.797. The van der Waals surface area contributed by atoms with Gasteiger partial charge in [-0.3, -0.25) is 52.7 Å². The van der Waals surface area contributed by atoms with Gasteiger partial charge in [0.25, 0.3) is 0 Å². The van der Waals surface area contributed by atoms with Crippen molar-refractivity contribution in [2.75, 3.05) is 55.9 Å². The summed E-state index contributed by atoms with van der Waals surface area (Å²) in [5, 5.41) is 18.7. The molecule has 1 fully saturated rings. The minimum Gasteiger partial charge on any atom is -0.411 e. The van der Waals surface area contributed by atoms with Crippen LogP contribution >= 0.6 is 0 Å². The van der Waals surface area contributed by atoms with Gasteiger partial charge in [0, 0.05) is 68.3 Å². The summed E-state index contributed by atoms with van der Waals surface area (Å²) in [6.45, 7) is 40.3. The minimum absolute atomic E-state index is 0.0321. The second-order valence-electron chi connectivity index (χ2n) is 30.6. The molecule has 4 N–H and O–H groups in total. The molecule has 23 nitrogen and oxygen atoms in total. The summed E-state index contributed by atoms with van der Waals surface area (Å²) in [5.41, 5.74) is 0. The molecular weight excluding hydrogens is 1200 g/mol. The summed E-state index contributed by atoms with van der Waals surface area (Å²) in [6, 6.07) is -12.0. The maximum Gasteiger partial charge on any atom is 0.246 e. The van der Waals surface area contributed by atoms with E-state index in [4.69, 9.17) is 4.43 Å². The van der Waals surface area contributed by atoms with Crippen molar-refractivity contribution in [1.82, 2.24) is 50.2 Å². The fourth-order valence-corrected chi connectivity index (χ4v) is 13.4. The van der Waals surface area contributed by atoms with Crippen molar-refractivity contribution in [3.63, 3.8) is 0 Å². The number of carbonyl (C=O) groups excluding carboxylic acids is 11. The zero-order chi connectivity index (χ0) is 72.6. The first-order valence-electron chi connectivity index (χ1n) is 34.2. The molecule has 10 amide bonds. The van der Waals surface area contributed by atoms with Crippen LogP contribution < -0.4 is 16.0 Å². The Labute approximate surface area is 561 Å². The van der Waals surface area contributed by atoms with E-state index in [0.29, 0.717) is 0 Å². The molecule has 0 unspecified atom stereocenters. The normalized spacial score (nSPS) is 26.8. The molecule has 1 aliphatic rings. The summed E-state index contributed by atoms with van der Waals surface area (Å²) in [7, 11) is 7.46. The number of likely N-dealkylation sites (N-methyl/N-ethyl adjacent to an activating group) is 7. The second-order valence-corrected chi connectivity index (χ2v) is 35.4. The Kier molecular flexibility index (Phi) is 34.1. The number of aliphatic hydroxyl groups is 1. The first-order chi connectivity index (χ1) is 42.6. The molecule has 93 heavy (non-hydrogen) atoms. The lowest BCUT2D eigenvalue weighted by molar-refractivity contribution is -0.157. The number of nitrogens with zero attached hydrogens (tertiary/aromatic N) is 7. The second kappa shape index (κ2) is 37.1. The monoisotopic (exact) mass is 1330 g/mol. The molecule has 0 spiro atoms. The van der Waals surface area contributed by atoms with Gasteiger partial charge in [0.15, 0.2) is 14.1 Å². The van der Waals surface area contributed by atoms with Crippen LogP contribution in [-0.2, 0) is 57.2 Å². The van der Waals surface area contributed by atoms with Gasteiger partial charge in [0.05, 0.1) is 12.1 Å². The summed E-state index contributed by atoms with van der Waals surface area (Å²) in [4.78, 5) is 174. The summed E-state index contributed by atoms with van der Waals surface area (Å²) >= 11 is 0. The number of carbonyl (C=O) groups is 11. The Balaban J connectivity index is 4.62. The smallest absolute Gasteiger partial charge is 0.246 e. The van der Waals surface area contributed by atoms with Gasteiger partial charge in [0.1, 0.15) is 54.4 Å². The maximum absolute atomic E-state index is 15.8. The van der Waals surface area contributed by atoms with Gasteiger partial charge in [0.2, 0.25) is 59.1 Å². The Morgan fingerprint density at radius 3 is 1.27 bits per heavy atom. The maximum atomic E-state index is 15.8. The largest absolute Gasteiger partial charge is 0.411 e. The Hall–Kier alpha value is -5.49. The number of ketones is 1. The lowest BCUT2D eigenvalue weighted by atomic mass is 9.91. The molecule has 536 valence electrons. The van der Waals surface area contributed by atoms with E-state index in [0.717, 1.165) is 0 Å². The SMILES string of the molecule is CC[C@@H]1C(=O)N(C)[C@@H](CC(C)C)C(=O)N[C@H](C(C)C)C(=O)N(C)[C@H](CC(C)C)C(=O)N[C@H](C)C(=O)C[C@@H](C)C(=O)N(C)[C@H](CC(C)C)C(=O)N(C)[C@H](CC(C)C)C(=O)N(C)[C@H](C(C)C)C(=O)N(C)[C@H]([C@H](O[Si](C)(C)C(C)(C)C)[C@H](C)CCO)C(=O)N[C@H](CC)C(=O)N1C. The van der Waals surface area contributed by atoms with Crippen LogP contribution in [0.4, 0.5) is 0 Å². The van der Waals surface area contributed by atoms with Crippen LogP contribution in [0, 0.1) is 47.3 Å². The van der Waals surface area contributed by atoms with Crippen molar-refractivity contribution >= 4 is 73.2 Å².